The number of rotatable bonds is 10. The minimum absolute atomic E-state index is 0.176. The number of nitrogens with one attached hydrogen (secondary N) is 1. The van der Waals surface area contributed by atoms with Crippen molar-refractivity contribution in [3.8, 4) is 0 Å². The molecule has 1 amide bonds. The molecule has 0 heterocycles. The third-order valence-corrected chi connectivity index (χ3v) is 6.27. The number of sulfonamides is 1. The second-order valence-corrected chi connectivity index (χ2v) is 9.51. The molecule has 0 fully saturated rings. The summed E-state index contributed by atoms with van der Waals surface area (Å²) in [5, 5.41) is 3.59. The lowest BCUT2D eigenvalue weighted by Gasteiger charge is -2.20. The molecule has 0 aliphatic rings. The molecule has 150 valence electrons. The molecule has 5 nitrogen and oxygen atoms in total. The molecule has 0 aliphatic carbocycles. The van der Waals surface area contributed by atoms with Crippen molar-refractivity contribution in [1.29, 1.82) is 0 Å². The fourth-order valence-electron chi connectivity index (χ4n) is 2.44. The van der Waals surface area contributed by atoms with Crippen LogP contribution in [0.4, 0.5) is 5.69 Å². The van der Waals surface area contributed by atoms with E-state index in [1.165, 1.54) is 15.9 Å². The predicted molar refractivity (Wildman–Crippen MR) is 119 cm³/mol. The molecule has 1 N–H and O–H groups in total. The Balaban J connectivity index is 1.82. The largest absolute Gasteiger partial charge is 0.351 e. The Kier molecular flexibility index (Phi) is 8.41. The molecule has 2 aromatic carbocycles. The molecular weight excluding hydrogens is 416 g/mol. The molecule has 2 aromatic rings. The van der Waals surface area contributed by atoms with Gasteiger partial charge in [0.25, 0.3) is 5.91 Å². The van der Waals surface area contributed by atoms with Gasteiger partial charge in [0, 0.05) is 28.6 Å². The lowest BCUT2D eigenvalue weighted by molar-refractivity contribution is 0.0956. The summed E-state index contributed by atoms with van der Waals surface area (Å²) in [6.45, 7) is 4.30. The van der Waals surface area contributed by atoms with Crippen LogP contribution in [0.1, 0.15) is 15.9 Å². The Labute approximate surface area is 175 Å². The van der Waals surface area contributed by atoms with Crippen molar-refractivity contribution >= 4 is 45.0 Å². The zero-order valence-electron chi connectivity index (χ0n) is 15.6. The molecule has 0 spiro atoms. The standard InChI is InChI=1S/C20H23ClN2O3S2/c1-3-13-23(28(2,25)26)19-10-6-17(7-11-19)20(24)22-12-14-27-15-16-4-8-18(21)9-5-16/h3-11H,1,12-15H2,2H3,(H,22,24). The average molecular weight is 439 g/mol. The van der Waals surface area contributed by atoms with Gasteiger partial charge >= 0.3 is 0 Å². The van der Waals surface area contributed by atoms with Crippen LogP contribution < -0.4 is 9.62 Å². The van der Waals surface area contributed by atoms with Gasteiger partial charge in [-0.25, -0.2) is 8.42 Å². The summed E-state index contributed by atoms with van der Waals surface area (Å²) in [6.07, 6.45) is 2.65. The normalized spacial score (nSPS) is 11.1. The van der Waals surface area contributed by atoms with Crippen LogP contribution in [0.2, 0.25) is 5.02 Å². The van der Waals surface area contributed by atoms with E-state index in [1.807, 2.05) is 24.3 Å². The number of thioether (sulfide) groups is 1. The van der Waals surface area contributed by atoms with E-state index in [4.69, 9.17) is 11.6 Å². The van der Waals surface area contributed by atoms with Crippen molar-refractivity contribution in [2.24, 2.45) is 0 Å². The molecule has 28 heavy (non-hydrogen) atoms. The number of hydrogen-bond acceptors (Lipinski definition) is 4. The highest BCUT2D eigenvalue weighted by Gasteiger charge is 2.16. The fourth-order valence-corrected chi connectivity index (χ4v) is 4.26. The minimum Gasteiger partial charge on any atom is -0.351 e. The maximum absolute atomic E-state index is 12.2. The van der Waals surface area contributed by atoms with E-state index in [0.717, 1.165) is 22.8 Å². The van der Waals surface area contributed by atoms with E-state index in [9.17, 15) is 13.2 Å². The maximum Gasteiger partial charge on any atom is 0.251 e. The highest BCUT2D eigenvalue weighted by atomic mass is 35.5. The molecule has 0 radical (unpaired) electrons. The zero-order chi connectivity index (χ0) is 20.6. The second kappa shape index (κ2) is 10.5. The number of carbonyl (C=O) groups excluding carboxylic acids is 1. The Morgan fingerprint density at radius 2 is 1.82 bits per heavy atom. The van der Waals surface area contributed by atoms with Gasteiger partial charge in [-0.2, -0.15) is 11.8 Å². The molecule has 0 aromatic heterocycles. The molecular formula is C20H23ClN2O3S2. The number of amides is 1. The first kappa shape index (κ1) is 22.3. The van der Waals surface area contributed by atoms with Gasteiger partial charge in [-0.05, 0) is 42.0 Å². The summed E-state index contributed by atoms with van der Waals surface area (Å²) in [7, 11) is -3.41. The van der Waals surface area contributed by atoms with Crippen molar-refractivity contribution in [3.05, 3.63) is 77.3 Å². The van der Waals surface area contributed by atoms with Crippen LogP contribution in [0, 0.1) is 0 Å². The maximum atomic E-state index is 12.2. The zero-order valence-corrected chi connectivity index (χ0v) is 18.0. The number of halogens is 1. The van der Waals surface area contributed by atoms with Crippen LogP contribution in [0.3, 0.4) is 0 Å². The summed E-state index contributed by atoms with van der Waals surface area (Å²) in [6, 6.07) is 14.2. The van der Waals surface area contributed by atoms with Crippen LogP contribution in [0.25, 0.3) is 0 Å². The van der Waals surface area contributed by atoms with Gasteiger partial charge in [0.15, 0.2) is 0 Å². The predicted octanol–water partition coefficient (Wildman–Crippen LogP) is 3.96. The van der Waals surface area contributed by atoms with Crippen LogP contribution in [0.15, 0.2) is 61.2 Å². The third kappa shape index (κ3) is 6.89. The molecule has 0 atom stereocenters. The van der Waals surface area contributed by atoms with Crippen molar-refractivity contribution in [2.45, 2.75) is 5.75 Å². The quantitative estimate of drug-likeness (QED) is 0.450. The van der Waals surface area contributed by atoms with Gasteiger partial charge in [0.2, 0.25) is 10.0 Å². The highest BCUT2D eigenvalue weighted by molar-refractivity contribution is 7.98. The topological polar surface area (TPSA) is 66.5 Å². The van der Waals surface area contributed by atoms with E-state index in [-0.39, 0.29) is 12.5 Å². The van der Waals surface area contributed by atoms with Crippen LogP contribution >= 0.6 is 23.4 Å². The smallest absolute Gasteiger partial charge is 0.251 e. The molecule has 0 saturated heterocycles. The average Bonchev–Trinajstić information content (AvgIpc) is 2.66. The first-order chi connectivity index (χ1) is 13.3. The molecule has 0 aliphatic heterocycles. The Hall–Kier alpha value is -1.96. The van der Waals surface area contributed by atoms with E-state index < -0.39 is 10.0 Å². The summed E-state index contributed by atoms with van der Waals surface area (Å²) >= 11 is 7.59. The second-order valence-electron chi connectivity index (χ2n) is 6.06. The molecule has 2 rings (SSSR count). The number of anilines is 1. The Bertz CT molecular complexity index is 898. The van der Waals surface area contributed by atoms with E-state index in [2.05, 4.69) is 11.9 Å². The molecule has 0 saturated carbocycles. The van der Waals surface area contributed by atoms with Gasteiger partial charge in [-0.1, -0.05) is 29.8 Å². The van der Waals surface area contributed by atoms with E-state index >= 15 is 0 Å². The minimum atomic E-state index is -3.41. The van der Waals surface area contributed by atoms with Crippen molar-refractivity contribution < 1.29 is 13.2 Å². The van der Waals surface area contributed by atoms with Crippen molar-refractivity contribution in [1.82, 2.24) is 5.32 Å². The van der Waals surface area contributed by atoms with Gasteiger partial charge in [0.1, 0.15) is 0 Å². The number of benzene rings is 2. The molecule has 0 bridgehead atoms. The van der Waals surface area contributed by atoms with Crippen LogP contribution in [-0.4, -0.2) is 39.4 Å². The number of nitrogens with zero attached hydrogens (tertiary/aromatic N) is 1. The Morgan fingerprint density at radius 3 is 2.39 bits per heavy atom. The monoisotopic (exact) mass is 438 g/mol. The van der Waals surface area contributed by atoms with E-state index in [0.29, 0.717) is 17.8 Å². The highest BCUT2D eigenvalue weighted by Crippen LogP contribution is 2.18. The Morgan fingerprint density at radius 1 is 1.18 bits per heavy atom. The van der Waals surface area contributed by atoms with Gasteiger partial charge in [-0.15, -0.1) is 6.58 Å². The first-order valence-electron chi connectivity index (χ1n) is 8.60. The summed E-state index contributed by atoms with van der Waals surface area (Å²) in [4.78, 5) is 12.2. The first-order valence-corrected chi connectivity index (χ1v) is 12.0. The fraction of sp³-hybridized carbons (Fsp3) is 0.250. The summed E-state index contributed by atoms with van der Waals surface area (Å²) in [5.74, 6) is 1.45. The number of carbonyl (C=O) groups is 1. The van der Waals surface area contributed by atoms with Crippen molar-refractivity contribution in [2.75, 3.05) is 29.4 Å². The van der Waals surface area contributed by atoms with Crippen LogP contribution in [0.5, 0.6) is 0 Å². The van der Waals surface area contributed by atoms with Crippen molar-refractivity contribution in [3.63, 3.8) is 0 Å². The molecule has 0 unspecified atom stereocenters. The van der Waals surface area contributed by atoms with Crippen LogP contribution in [-0.2, 0) is 15.8 Å². The van der Waals surface area contributed by atoms with Gasteiger partial charge in [-0.3, -0.25) is 9.10 Å². The van der Waals surface area contributed by atoms with Gasteiger partial charge < -0.3 is 5.32 Å². The van der Waals surface area contributed by atoms with E-state index in [1.54, 1.807) is 36.0 Å². The molecule has 8 heteroatoms. The lowest BCUT2D eigenvalue weighted by atomic mass is 10.2. The summed E-state index contributed by atoms with van der Waals surface area (Å²) in [5.41, 5.74) is 2.17. The third-order valence-electron chi connectivity index (χ3n) is 3.83. The summed E-state index contributed by atoms with van der Waals surface area (Å²) < 4.78 is 24.9. The number of hydrogen-bond donors (Lipinski definition) is 1. The van der Waals surface area contributed by atoms with Gasteiger partial charge in [0.05, 0.1) is 18.5 Å². The lowest BCUT2D eigenvalue weighted by Crippen LogP contribution is -2.30. The SMILES string of the molecule is C=CCN(c1ccc(C(=O)NCCSCc2ccc(Cl)cc2)cc1)S(C)(=O)=O.